The van der Waals surface area contributed by atoms with E-state index >= 15 is 0 Å². The third kappa shape index (κ3) is 2.66. The number of hydrogen-bond donors (Lipinski definition) is 1. The molecule has 0 spiro atoms. The Morgan fingerprint density at radius 2 is 1.76 bits per heavy atom. The zero-order valence-corrected chi connectivity index (χ0v) is 12.3. The molecule has 1 saturated carbocycles. The van der Waals surface area contributed by atoms with Crippen molar-refractivity contribution >= 4 is 17.3 Å². The molecule has 4 heteroatoms. The predicted octanol–water partition coefficient (Wildman–Crippen LogP) is 4.56. The van der Waals surface area contributed by atoms with Crippen molar-refractivity contribution in [1.82, 2.24) is 0 Å². The lowest BCUT2D eigenvalue weighted by atomic mass is 10.1. The largest absolute Gasteiger partial charge is 0.454 e. The Labute approximate surface area is 128 Å². The Kier molecular flexibility index (Phi) is 3.15. The van der Waals surface area contributed by atoms with Crippen LogP contribution in [0, 0.1) is 0 Å². The van der Waals surface area contributed by atoms with Gasteiger partial charge in [-0.25, -0.2) is 0 Å². The zero-order chi connectivity index (χ0) is 14.2. The van der Waals surface area contributed by atoms with Gasteiger partial charge >= 0.3 is 0 Å². The second-order valence-corrected chi connectivity index (χ2v) is 5.96. The lowest BCUT2D eigenvalue weighted by Crippen LogP contribution is -2.00. The maximum absolute atomic E-state index is 6.25. The van der Waals surface area contributed by atoms with Gasteiger partial charge in [-0.05, 0) is 29.9 Å². The van der Waals surface area contributed by atoms with E-state index in [-0.39, 0.29) is 6.79 Å². The Morgan fingerprint density at radius 1 is 1.05 bits per heavy atom. The van der Waals surface area contributed by atoms with Gasteiger partial charge in [0.2, 0.25) is 6.79 Å². The Balaban J connectivity index is 1.46. The van der Waals surface area contributed by atoms with Crippen molar-refractivity contribution in [1.29, 1.82) is 0 Å². The average Bonchev–Trinajstić information content (AvgIpc) is 3.25. The van der Waals surface area contributed by atoms with Crippen LogP contribution in [0.3, 0.4) is 0 Å². The molecule has 1 aliphatic carbocycles. The number of anilines is 1. The molecule has 1 aliphatic heterocycles. The van der Waals surface area contributed by atoms with Gasteiger partial charge in [0, 0.05) is 18.7 Å². The highest BCUT2D eigenvalue weighted by Gasteiger charge is 2.22. The highest BCUT2D eigenvalue weighted by Crippen LogP contribution is 2.40. The summed E-state index contributed by atoms with van der Waals surface area (Å²) in [5.41, 5.74) is 3.57. The fourth-order valence-corrected chi connectivity index (χ4v) is 2.79. The van der Waals surface area contributed by atoms with E-state index in [1.165, 1.54) is 24.0 Å². The maximum atomic E-state index is 6.25. The van der Waals surface area contributed by atoms with Crippen LogP contribution in [0.2, 0.25) is 5.02 Å². The zero-order valence-electron chi connectivity index (χ0n) is 11.6. The van der Waals surface area contributed by atoms with E-state index < -0.39 is 0 Å². The normalized spacial score (nSPS) is 16.0. The van der Waals surface area contributed by atoms with Crippen LogP contribution in [0.5, 0.6) is 11.5 Å². The van der Waals surface area contributed by atoms with Crippen molar-refractivity contribution in [2.24, 2.45) is 0 Å². The first kappa shape index (κ1) is 12.8. The van der Waals surface area contributed by atoms with Gasteiger partial charge in [0.1, 0.15) is 0 Å². The molecule has 4 rings (SSSR count). The fraction of sp³-hybridized carbons (Fsp3) is 0.294. The molecule has 1 fully saturated rings. The Morgan fingerprint density at radius 3 is 2.48 bits per heavy atom. The first-order valence-corrected chi connectivity index (χ1v) is 7.59. The maximum Gasteiger partial charge on any atom is 0.231 e. The van der Waals surface area contributed by atoms with E-state index in [4.69, 9.17) is 21.1 Å². The van der Waals surface area contributed by atoms with E-state index in [9.17, 15) is 0 Å². The number of halogens is 1. The highest BCUT2D eigenvalue weighted by atomic mass is 35.5. The first-order chi connectivity index (χ1) is 10.3. The topological polar surface area (TPSA) is 30.5 Å². The van der Waals surface area contributed by atoms with Crippen molar-refractivity contribution < 1.29 is 9.47 Å². The number of hydrogen-bond acceptors (Lipinski definition) is 3. The molecule has 108 valence electrons. The van der Waals surface area contributed by atoms with Gasteiger partial charge in [-0.2, -0.15) is 0 Å². The first-order valence-electron chi connectivity index (χ1n) is 7.21. The van der Waals surface area contributed by atoms with Crippen molar-refractivity contribution in [3.05, 3.63) is 52.5 Å². The summed E-state index contributed by atoms with van der Waals surface area (Å²) in [7, 11) is 0. The molecule has 0 radical (unpaired) electrons. The van der Waals surface area contributed by atoms with Crippen LogP contribution < -0.4 is 14.8 Å². The van der Waals surface area contributed by atoms with Crippen LogP contribution in [-0.4, -0.2) is 6.79 Å². The van der Waals surface area contributed by atoms with Gasteiger partial charge in [-0.1, -0.05) is 35.9 Å². The summed E-state index contributed by atoms with van der Waals surface area (Å²) >= 11 is 6.25. The lowest BCUT2D eigenvalue weighted by molar-refractivity contribution is 0.174. The molecule has 3 nitrogen and oxygen atoms in total. The minimum Gasteiger partial charge on any atom is -0.454 e. The van der Waals surface area contributed by atoms with Gasteiger partial charge in [-0.3, -0.25) is 0 Å². The minimum absolute atomic E-state index is 0.262. The van der Waals surface area contributed by atoms with Gasteiger partial charge in [0.25, 0.3) is 0 Å². The molecular weight excluding hydrogens is 286 g/mol. The number of ether oxygens (including phenoxy) is 2. The SMILES string of the molecule is Clc1cc2c(cc1NCc1ccc(C3CC3)cc1)OCO2. The summed E-state index contributed by atoms with van der Waals surface area (Å²) < 4.78 is 10.7. The molecule has 1 heterocycles. The van der Waals surface area contributed by atoms with Crippen LogP contribution in [0.1, 0.15) is 29.9 Å². The molecule has 1 N–H and O–H groups in total. The van der Waals surface area contributed by atoms with E-state index in [2.05, 4.69) is 29.6 Å². The van der Waals surface area contributed by atoms with Crippen LogP contribution in [0.4, 0.5) is 5.69 Å². The summed E-state index contributed by atoms with van der Waals surface area (Å²) in [4.78, 5) is 0. The summed E-state index contributed by atoms with van der Waals surface area (Å²) in [6.45, 7) is 1.00. The summed E-state index contributed by atoms with van der Waals surface area (Å²) in [6.07, 6.45) is 2.68. The van der Waals surface area contributed by atoms with Crippen LogP contribution in [0.15, 0.2) is 36.4 Å². The number of rotatable bonds is 4. The monoisotopic (exact) mass is 301 g/mol. The molecule has 0 amide bonds. The summed E-state index contributed by atoms with van der Waals surface area (Å²) in [6, 6.07) is 12.5. The Bertz CT molecular complexity index is 665. The van der Waals surface area contributed by atoms with E-state index in [0.29, 0.717) is 10.8 Å². The second kappa shape index (κ2) is 5.15. The smallest absolute Gasteiger partial charge is 0.231 e. The summed E-state index contributed by atoms with van der Waals surface area (Å²) in [5, 5.41) is 4.00. The quantitative estimate of drug-likeness (QED) is 0.898. The summed E-state index contributed by atoms with van der Waals surface area (Å²) in [5.74, 6) is 2.25. The molecule has 2 aromatic carbocycles. The molecule has 21 heavy (non-hydrogen) atoms. The third-order valence-corrected chi connectivity index (χ3v) is 4.29. The van der Waals surface area contributed by atoms with Gasteiger partial charge < -0.3 is 14.8 Å². The minimum atomic E-state index is 0.262. The van der Waals surface area contributed by atoms with Gasteiger partial charge in [-0.15, -0.1) is 0 Å². The number of benzene rings is 2. The average molecular weight is 302 g/mol. The predicted molar refractivity (Wildman–Crippen MR) is 83.3 cm³/mol. The van der Waals surface area contributed by atoms with E-state index in [1.807, 2.05) is 6.07 Å². The molecule has 2 aliphatic rings. The molecular formula is C17H16ClNO2. The van der Waals surface area contributed by atoms with Crippen molar-refractivity contribution in [3.63, 3.8) is 0 Å². The number of fused-ring (bicyclic) bond motifs is 1. The second-order valence-electron chi connectivity index (χ2n) is 5.55. The highest BCUT2D eigenvalue weighted by molar-refractivity contribution is 6.33. The fourth-order valence-electron chi connectivity index (χ4n) is 2.57. The molecule has 0 atom stereocenters. The van der Waals surface area contributed by atoms with Crippen molar-refractivity contribution in [2.75, 3.05) is 12.1 Å². The van der Waals surface area contributed by atoms with Crippen LogP contribution in [-0.2, 0) is 6.54 Å². The van der Waals surface area contributed by atoms with E-state index in [1.54, 1.807) is 6.07 Å². The van der Waals surface area contributed by atoms with Crippen molar-refractivity contribution in [3.8, 4) is 11.5 Å². The molecule has 0 unspecified atom stereocenters. The van der Waals surface area contributed by atoms with Gasteiger partial charge in [0.15, 0.2) is 11.5 Å². The van der Waals surface area contributed by atoms with Crippen LogP contribution >= 0.6 is 11.6 Å². The molecule has 0 bridgehead atoms. The van der Waals surface area contributed by atoms with Crippen molar-refractivity contribution in [2.45, 2.75) is 25.3 Å². The van der Waals surface area contributed by atoms with Gasteiger partial charge in [0.05, 0.1) is 10.7 Å². The number of nitrogens with one attached hydrogen (secondary N) is 1. The molecule has 2 aromatic rings. The standard InChI is InChI=1S/C17H16ClNO2/c18-14-7-16-17(21-10-20-16)8-15(14)19-9-11-1-3-12(4-2-11)13-5-6-13/h1-4,7-8,13,19H,5-6,9-10H2. The molecule has 0 saturated heterocycles. The third-order valence-electron chi connectivity index (χ3n) is 3.97. The lowest BCUT2D eigenvalue weighted by Gasteiger charge is -2.10. The van der Waals surface area contributed by atoms with E-state index in [0.717, 1.165) is 23.9 Å². The van der Waals surface area contributed by atoms with Crippen LogP contribution in [0.25, 0.3) is 0 Å². The Hall–Kier alpha value is -1.87. The molecule has 0 aromatic heterocycles.